The highest BCUT2D eigenvalue weighted by Crippen LogP contribution is 2.60. The quantitative estimate of drug-likeness (QED) is 0.0819. The van der Waals surface area contributed by atoms with Crippen LogP contribution in [0.3, 0.4) is 0 Å². The van der Waals surface area contributed by atoms with Crippen LogP contribution in [0.5, 0.6) is 5.75 Å². The number of esters is 1. The first-order valence-corrected chi connectivity index (χ1v) is 13.9. The summed E-state index contributed by atoms with van der Waals surface area (Å²) in [6, 6.07) is 4.13. The van der Waals surface area contributed by atoms with Crippen molar-refractivity contribution in [1.29, 1.82) is 0 Å². The second-order valence-electron chi connectivity index (χ2n) is 11.0. The van der Waals surface area contributed by atoms with Gasteiger partial charge in [-0.15, -0.1) is 0 Å². The van der Waals surface area contributed by atoms with Gasteiger partial charge in [0.2, 0.25) is 0 Å². The molecule has 43 heavy (non-hydrogen) atoms. The molecule has 1 aliphatic carbocycles. The lowest BCUT2D eigenvalue weighted by atomic mass is 9.80. The minimum absolute atomic E-state index is 0.0514. The molecule has 2 nitrogen and oxygen atoms in total. The molecule has 0 saturated heterocycles. The molecule has 1 aromatic rings. The molecule has 1 saturated carbocycles. The fourth-order valence-electron chi connectivity index (χ4n) is 4.91. The molecule has 0 aromatic heterocycles. The number of unbranched alkanes of at least 4 members (excludes halogenated alkanes) is 4. The average molecular weight is 649 g/mol. The molecule has 1 fully saturated rings. The second kappa shape index (κ2) is 13.8. The molecule has 0 N–H and O–H groups in total. The Kier molecular flexibility index (Phi) is 11.9. The number of ether oxygens (including phenoxy) is 1. The summed E-state index contributed by atoms with van der Waals surface area (Å²) in [5.74, 6) is -37.3. The number of benzene rings is 1. The maximum absolute atomic E-state index is 14.0. The Morgan fingerprint density at radius 2 is 1.21 bits per heavy atom. The van der Waals surface area contributed by atoms with Crippen LogP contribution in [-0.2, 0) is 11.2 Å². The van der Waals surface area contributed by atoms with Gasteiger partial charge in [0.25, 0.3) is 0 Å². The van der Waals surface area contributed by atoms with Crippen LogP contribution in [0, 0.1) is 11.8 Å². The van der Waals surface area contributed by atoms with E-state index in [9.17, 15) is 61.9 Å². The molecule has 0 atom stereocenters. The van der Waals surface area contributed by atoms with Gasteiger partial charge in [-0.05, 0) is 55.7 Å². The van der Waals surface area contributed by atoms with E-state index in [4.69, 9.17) is 4.74 Å². The van der Waals surface area contributed by atoms with Gasteiger partial charge in [-0.2, -0.15) is 57.1 Å². The van der Waals surface area contributed by atoms with Gasteiger partial charge in [0, 0.05) is 6.42 Å². The average Bonchev–Trinajstić information content (AvgIpc) is 2.92. The third-order valence-electron chi connectivity index (χ3n) is 7.76. The standard InChI is InChI=1S/C28H33F13O2/c1-2-3-4-5-6-7-18-8-12-20(13-9-18)22(42)43-21-14-10-19(11-15-21)16-17-23(29,30)24(31,32)25(33,34)26(35,36)27(37,38)28(39,40)41/h10-11,14-15,18,20H,2-9,12-13,16-17H2,1H3. The Labute approximate surface area is 240 Å². The summed E-state index contributed by atoms with van der Waals surface area (Å²) in [5.41, 5.74) is -0.259. The van der Waals surface area contributed by atoms with Gasteiger partial charge in [-0.1, -0.05) is 57.6 Å². The fraction of sp³-hybridized carbons (Fsp3) is 0.750. The predicted octanol–water partition coefficient (Wildman–Crippen LogP) is 10.4. The molecule has 1 aliphatic rings. The highest BCUT2D eigenvalue weighted by Gasteiger charge is 2.90. The van der Waals surface area contributed by atoms with Crippen LogP contribution in [0.1, 0.15) is 83.1 Å². The first-order valence-electron chi connectivity index (χ1n) is 13.9. The van der Waals surface area contributed by atoms with Crippen LogP contribution < -0.4 is 4.74 Å². The van der Waals surface area contributed by atoms with Gasteiger partial charge in [-0.25, -0.2) is 0 Å². The van der Waals surface area contributed by atoms with Crippen LogP contribution in [0.15, 0.2) is 24.3 Å². The number of rotatable bonds is 15. The number of alkyl halides is 13. The van der Waals surface area contributed by atoms with Crippen molar-refractivity contribution in [2.24, 2.45) is 11.8 Å². The molecule has 2 rings (SSSR count). The molecule has 0 bridgehead atoms. The summed E-state index contributed by atoms with van der Waals surface area (Å²) >= 11 is 0. The van der Waals surface area contributed by atoms with Crippen molar-refractivity contribution in [3.05, 3.63) is 29.8 Å². The minimum Gasteiger partial charge on any atom is -0.426 e. The highest BCUT2D eigenvalue weighted by molar-refractivity contribution is 5.75. The smallest absolute Gasteiger partial charge is 0.426 e. The SMILES string of the molecule is CCCCCCCC1CCC(C(=O)Oc2ccc(CCC(F)(F)C(F)(F)C(F)(F)C(F)(F)C(F)(F)C(F)(F)F)cc2)CC1. The van der Waals surface area contributed by atoms with E-state index in [0.717, 1.165) is 62.8 Å². The van der Waals surface area contributed by atoms with E-state index in [1.165, 1.54) is 12.8 Å². The number of hydrogen-bond donors (Lipinski definition) is 0. The molecule has 1 aromatic carbocycles. The fourth-order valence-corrected chi connectivity index (χ4v) is 4.91. The summed E-state index contributed by atoms with van der Waals surface area (Å²) in [6.45, 7) is 2.13. The lowest BCUT2D eigenvalue weighted by Gasteiger charge is -2.39. The second-order valence-corrected chi connectivity index (χ2v) is 11.0. The topological polar surface area (TPSA) is 26.3 Å². The zero-order valence-electron chi connectivity index (χ0n) is 23.2. The molecule has 0 spiro atoms. The van der Waals surface area contributed by atoms with E-state index in [1.807, 2.05) is 0 Å². The zero-order valence-corrected chi connectivity index (χ0v) is 23.2. The molecule has 0 amide bonds. The summed E-state index contributed by atoms with van der Waals surface area (Å²) in [6.07, 6.45) is -1.13. The van der Waals surface area contributed by atoms with Crippen molar-refractivity contribution in [2.75, 3.05) is 0 Å². The monoisotopic (exact) mass is 648 g/mol. The first-order chi connectivity index (χ1) is 19.6. The molecule has 248 valence electrons. The summed E-state index contributed by atoms with van der Waals surface area (Å²) in [7, 11) is 0. The van der Waals surface area contributed by atoms with Gasteiger partial charge in [-0.3, -0.25) is 4.79 Å². The largest absolute Gasteiger partial charge is 0.460 e. The normalized spacial score (nSPS) is 19.4. The third kappa shape index (κ3) is 8.09. The van der Waals surface area contributed by atoms with Crippen LogP contribution in [0.4, 0.5) is 57.1 Å². The maximum atomic E-state index is 14.0. The van der Waals surface area contributed by atoms with Crippen LogP contribution in [0.2, 0.25) is 0 Å². The van der Waals surface area contributed by atoms with E-state index in [-0.39, 0.29) is 17.2 Å². The molecule has 15 heteroatoms. The first kappa shape index (κ1) is 37.0. The summed E-state index contributed by atoms with van der Waals surface area (Å²) < 4.78 is 178. The van der Waals surface area contributed by atoms with Crippen LogP contribution >= 0.6 is 0 Å². The minimum atomic E-state index is -7.91. The summed E-state index contributed by atoms with van der Waals surface area (Å²) in [5, 5.41) is 0. The van der Waals surface area contributed by atoms with Gasteiger partial charge in [0.05, 0.1) is 5.92 Å². The lowest BCUT2D eigenvalue weighted by molar-refractivity contribution is -0.440. The Bertz CT molecular complexity index is 1030. The van der Waals surface area contributed by atoms with E-state index in [1.54, 1.807) is 0 Å². The van der Waals surface area contributed by atoms with Crippen LogP contribution in [0.25, 0.3) is 0 Å². The van der Waals surface area contributed by atoms with Crippen molar-refractivity contribution < 1.29 is 66.6 Å². The highest BCUT2D eigenvalue weighted by atomic mass is 19.4. The van der Waals surface area contributed by atoms with E-state index < -0.39 is 54.6 Å². The number of hydrogen-bond acceptors (Lipinski definition) is 2. The molecule has 0 unspecified atom stereocenters. The number of carbonyl (C=O) groups excluding carboxylic acids is 1. The predicted molar refractivity (Wildman–Crippen MR) is 130 cm³/mol. The molecule has 0 radical (unpaired) electrons. The Hall–Kier alpha value is -2.22. The molecule has 0 heterocycles. The van der Waals surface area contributed by atoms with Crippen molar-refractivity contribution in [3.8, 4) is 5.75 Å². The van der Waals surface area contributed by atoms with Crippen molar-refractivity contribution in [1.82, 2.24) is 0 Å². The number of aryl methyl sites for hydroxylation is 1. The molecular formula is C28H33F13O2. The Morgan fingerprint density at radius 3 is 1.72 bits per heavy atom. The zero-order chi connectivity index (χ0) is 32.9. The van der Waals surface area contributed by atoms with Crippen LogP contribution in [-0.4, -0.2) is 41.8 Å². The third-order valence-corrected chi connectivity index (χ3v) is 7.76. The number of carbonyl (C=O) groups is 1. The van der Waals surface area contributed by atoms with Gasteiger partial charge in [0.1, 0.15) is 5.75 Å². The Morgan fingerprint density at radius 1 is 0.698 bits per heavy atom. The van der Waals surface area contributed by atoms with E-state index in [2.05, 4.69) is 6.92 Å². The lowest BCUT2D eigenvalue weighted by Crippen LogP contribution is -2.70. The van der Waals surface area contributed by atoms with Crippen molar-refractivity contribution in [2.45, 2.75) is 120 Å². The van der Waals surface area contributed by atoms with Crippen molar-refractivity contribution in [3.63, 3.8) is 0 Å². The van der Waals surface area contributed by atoms with E-state index >= 15 is 0 Å². The van der Waals surface area contributed by atoms with Crippen molar-refractivity contribution >= 4 is 5.97 Å². The summed E-state index contributed by atoms with van der Waals surface area (Å²) in [4.78, 5) is 12.5. The Balaban J connectivity index is 1.95. The van der Waals surface area contributed by atoms with Gasteiger partial charge >= 0.3 is 41.8 Å². The molecular weight excluding hydrogens is 615 g/mol. The van der Waals surface area contributed by atoms with E-state index in [0.29, 0.717) is 18.8 Å². The van der Waals surface area contributed by atoms with Gasteiger partial charge < -0.3 is 4.74 Å². The molecule has 0 aliphatic heterocycles. The number of halogens is 13. The maximum Gasteiger partial charge on any atom is 0.460 e. The van der Waals surface area contributed by atoms with Gasteiger partial charge in [0.15, 0.2) is 0 Å².